The Balaban J connectivity index is 2.38. The van der Waals surface area contributed by atoms with Crippen LogP contribution in [0, 0.1) is 0 Å². The van der Waals surface area contributed by atoms with E-state index in [2.05, 4.69) is 4.99 Å². The Hall–Kier alpha value is -0.730. The summed E-state index contributed by atoms with van der Waals surface area (Å²) >= 11 is 23.9. The first kappa shape index (κ1) is 13.7. The normalized spacial score (nSPS) is 11.1. The Morgan fingerprint density at radius 3 is 2.06 bits per heavy atom. The smallest absolute Gasteiger partial charge is 0.0816 e. The minimum absolute atomic E-state index is 0.448. The third-order valence-corrected chi connectivity index (χ3v) is 3.39. The topological polar surface area (TPSA) is 12.4 Å². The summed E-state index contributed by atoms with van der Waals surface area (Å²) in [4.78, 5) is 4.26. The van der Waals surface area contributed by atoms with Crippen molar-refractivity contribution in [3.8, 4) is 0 Å². The number of nitrogens with zero attached hydrogens (tertiary/aromatic N) is 1. The van der Waals surface area contributed by atoms with Crippen LogP contribution in [0.3, 0.4) is 0 Å². The summed E-state index contributed by atoms with van der Waals surface area (Å²) in [5.74, 6) is 0. The molecule has 2 rings (SSSR count). The highest BCUT2D eigenvalue weighted by Crippen LogP contribution is 2.29. The molecule has 5 heteroatoms. The Bertz CT molecular complexity index is 585. The van der Waals surface area contributed by atoms with E-state index in [0.29, 0.717) is 31.3 Å². The molecule has 92 valence electrons. The summed E-state index contributed by atoms with van der Waals surface area (Å²) in [6, 6.07) is 10.5. The van der Waals surface area contributed by atoms with Gasteiger partial charge in [0.2, 0.25) is 0 Å². The van der Waals surface area contributed by atoms with Gasteiger partial charge < -0.3 is 0 Å². The monoisotopic (exact) mass is 317 g/mol. The predicted octanol–water partition coefficient (Wildman–Crippen LogP) is 6.05. The van der Waals surface area contributed by atoms with Crippen LogP contribution in [0.1, 0.15) is 5.56 Å². The molecule has 0 aliphatic rings. The molecule has 0 unspecified atom stereocenters. The minimum atomic E-state index is 0.448. The van der Waals surface area contributed by atoms with E-state index in [0.717, 1.165) is 0 Å². The molecule has 0 bridgehead atoms. The highest BCUT2D eigenvalue weighted by molar-refractivity contribution is 6.41. The zero-order valence-corrected chi connectivity index (χ0v) is 12.0. The van der Waals surface area contributed by atoms with E-state index in [-0.39, 0.29) is 0 Å². The van der Waals surface area contributed by atoms with Crippen LogP contribution >= 0.6 is 46.4 Å². The van der Waals surface area contributed by atoms with Gasteiger partial charge in [0.15, 0.2) is 0 Å². The van der Waals surface area contributed by atoms with Crippen molar-refractivity contribution in [3.63, 3.8) is 0 Å². The molecule has 0 amide bonds. The second-order valence-corrected chi connectivity index (χ2v) is 5.15. The van der Waals surface area contributed by atoms with Gasteiger partial charge in [-0.2, -0.15) is 0 Å². The summed E-state index contributed by atoms with van der Waals surface area (Å²) in [6.45, 7) is 0. The summed E-state index contributed by atoms with van der Waals surface area (Å²) in [7, 11) is 0. The molecule has 1 nitrogen and oxygen atoms in total. The number of aliphatic imine (C=N–C) groups is 1. The molecule has 0 aliphatic heterocycles. The lowest BCUT2D eigenvalue weighted by atomic mass is 10.2. The lowest BCUT2D eigenvalue weighted by Crippen LogP contribution is -1.85. The highest BCUT2D eigenvalue weighted by atomic mass is 35.5. The average Bonchev–Trinajstić information content (AvgIpc) is 2.30. The summed E-state index contributed by atoms with van der Waals surface area (Å²) in [5.41, 5.74) is 1.27. The van der Waals surface area contributed by atoms with Gasteiger partial charge in [0, 0.05) is 16.8 Å². The average molecular weight is 319 g/mol. The lowest BCUT2D eigenvalue weighted by Gasteiger charge is -2.02. The SMILES string of the molecule is Clc1cc(Cl)c(C=Nc2ccccc2Cl)c(Cl)c1. The van der Waals surface area contributed by atoms with Gasteiger partial charge in [-0.05, 0) is 24.3 Å². The van der Waals surface area contributed by atoms with Crippen molar-refractivity contribution in [2.24, 2.45) is 4.99 Å². The van der Waals surface area contributed by atoms with E-state index in [1.807, 2.05) is 12.1 Å². The number of hydrogen-bond acceptors (Lipinski definition) is 1. The van der Waals surface area contributed by atoms with Crippen molar-refractivity contribution < 1.29 is 0 Å². The Morgan fingerprint density at radius 1 is 0.833 bits per heavy atom. The molecule has 0 spiro atoms. The minimum Gasteiger partial charge on any atom is -0.255 e. The molecular formula is C13H7Cl4N. The maximum atomic E-state index is 6.05. The van der Waals surface area contributed by atoms with Crippen LogP contribution in [0.15, 0.2) is 41.4 Å². The van der Waals surface area contributed by atoms with Crippen LogP contribution in [0.25, 0.3) is 0 Å². The van der Waals surface area contributed by atoms with Gasteiger partial charge in [0.05, 0.1) is 20.8 Å². The molecule has 0 heterocycles. The van der Waals surface area contributed by atoms with Crippen molar-refractivity contribution in [1.29, 1.82) is 0 Å². The number of benzene rings is 2. The molecule has 0 N–H and O–H groups in total. The summed E-state index contributed by atoms with van der Waals surface area (Å²) in [6.07, 6.45) is 1.57. The molecule has 18 heavy (non-hydrogen) atoms. The first-order valence-electron chi connectivity index (χ1n) is 5.01. The molecule has 0 saturated carbocycles. The van der Waals surface area contributed by atoms with Gasteiger partial charge in [-0.25, -0.2) is 0 Å². The highest BCUT2D eigenvalue weighted by Gasteiger charge is 2.05. The molecule has 2 aromatic carbocycles. The van der Waals surface area contributed by atoms with Gasteiger partial charge in [-0.3, -0.25) is 4.99 Å². The fraction of sp³-hybridized carbons (Fsp3) is 0. The second kappa shape index (κ2) is 5.94. The predicted molar refractivity (Wildman–Crippen MR) is 80.2 cm³/mol. The number of para-hydroxylation sites is 1. The molecule has 0 saturated heterocycles. The van der Waals surface area contributed by atoms with Crippen molar-refractivity contribution in [2.45, 2.75) is 0 Å². The first-order valence-corrected chi connectivity index (χ1v) is 6.52. The molecule has 2 aromatic rings. The van der Waals surface area contributed by atoms with E-state index in [1.165, 1.54) is 0 Å². The summed E-state index contributed by atoms with van der Waals surface area (Å²) < 4.78 is 0. The van der Waals surface area contributed by atoms with E-state index < -0.39 is 0 Å². The van der Waals surface area contributed by atoms with Crippen LogP contribution < -0.4 is 0 Å². The van der Waals surface area contributed by atoms with Gasteiger partial charge in [0.1, 0.15) is 0 Å². The van der Waals surface area contributed by atoms with Crippen LogP contribution in [0.4, 0.5) is 5.69 Å². The quantitative estimate of drug-likeness (QED) is 0.597. The number of hydrogen-bond donors (Lipinski definition) is 0. The first-order chi connectivity index (χ1) is 8.58. The number of halogens is 4. The van der Waals surface area contributed by atoms with Crippen molar-refractivity contribution >= 4 is 58.3 Å². The zero-order chi connectivity index (χ0) is 13.1. The number of rotatable bonds is 2. The Labute approximate surface area is 125 Å². The fourth-order valence-corrected chi connectivity index (χ4v) is 2.47. The zero-order valence-electron chi connectivity index (χ0n) is 9.00. The third-order valence-electron chi connectivity index (χ3n) is 2.23. The van der Waals surface area contributed by atoms with Crippen molar-refractivity contribution in [2.75, 3.05) is 0 Å². The van der Waals surface area contributed by atoms with E-state index in [4.69, 9.17) is 46.4 Å². The summed E-state index contributed by atoms with van der Waals surface area (Å²) in [5, 5.41) is 1.95. The Morgan fingerprint density at radius 2 is 1.44 bits per heavy atom. The lowest BCUT2D eigenvalue weighted by molar-refractivity contribution is 1.52. The van der Waals surface area contributed by atoms with Crippen molar-refractivity contribution in [3.05, 3.63) is 62.1 Å². The van der Waals surface area contributed by atoms with Gasteiger partial charge in [-0.1, -0.05) is 58.5 Å². The molecule has 0 fully saturated rings. The van der Waals surface area contributed by atoms with E-state index in [9.17, 15) is 0 Å². The maximum absolute atomic E-state index is 6.05. The fourth-order valence-electron chi connectivity index (χ4n) is 1.37. The molecule has 0 radical (unpaired) electrons. The third kappa shape index (κ3) is 3.18. The van der Waals surface area contributed by atoms with E-state index >= 15 is 0 Å². The molecule has 0 aromatic heterocycles. The van der Waals surface area contributed by atoms with Crippen LogP contribution in [0.5, 0.6) is 0 Å². The Kier molecular flexibility index (Phi) is 4.52. The van der Waals surface area contributed by atoms with Crippen LogP contribution in [-0.2, 0) is 0 Å². The van der Waals surface area contributed by atoms with Gasteiger partial charge >= 0.3 is 0 Å². The largest absolute Gasteiger partial charge is 0.255 e. The standard InChI is InChI=1S/C13H7Cl4N/c14-8-5-11(16)9(12(17)6-8)7-18-13-4-2-1-3-10(13)15/h1-7H. The maximum Gasteiger partial charge on any atom is 0.0816 e. The molecule has 0 atom stereocenters. The van der Waals surface area contributed by atoms with Crippen LogP contribution in [-0.4, -0.2) is 6.21 Å². The van der Waals surface area contributed by atoms with E-state index in [1.54, 1.807) is 30.5 Å². The molecular weight excluding hydrogens is 312 g/mol. The van der Waals surface area contributed by atoms with Gasteiger partial charge in [0.25, 0.3) is 0 Å². The van der Waals surface area contributed by atoms with Gasteiger partial charge in [-0.15, -0.1) is 0 Å². The van der Waals surface area contributed by atoms with Crippen LogP contribution in [0.2, 0.25) is 20.1 Å². The van der Waals surface area contributed by atoms with Crippen molar-refractivity contribution in [1.82, 2.24) is 0 Å². The molecule has 0 aliphatic carbocycles. The second-order valence-electron chi connectivity index (χ2n) is 3.49.